The first kappa shape index (κ1) is 23.8. The van der Waals surface area contributed by atoms with Crippen LogP contribution < -0.4 is 10.6 Å². The van der Waals surface area contributed by atoms with Crippen molar-refractivity contribution in [2.24, 2.45) is 0 Å². The van der Waals surface area contributed by atoms with Crippen molar-refractivity contribution in [1.29, 1.82) is 0 Å². The number of amides is 2. The lowest BCUT2D eigenvalue weighted by Crippen LogP contribution is -2.30. The number of nitrogens with zero attached hydrogens (tertiary/aromatic N) is 2. The Bertz CT molecular complexity index is 1390. The van der Waals surface area contributed by atoms with Crippen LogP contribution in [0.4, 0.5) is 10.5 Å². The first-order valence-corrected chi connectivity index (χ1v) is 13.0. The molecule has 1 saturated carbocycles. The molecule has 4 aromatic rings. The zero-order chi connectivity index (χ0) is 25.1. The van der Waals surface area contributed by atoms with Crippen molar-refractivity contribution in [1.82, 2.24) is 15.1 Å². The summed E-state index contributed by atoms with van der Waals surface area (Å²) in [6.45, 7) is 2.43. The van der Waals surface area contributed by atoms with Gasteiger partial charge in [-0.05, 0) is 55.0 Å². The summed E-state index contributed by atoms with van der Waals surface area (Å²) in [7, 11) is 0. The summed E-state index contributed by atoms with van der Waals surface area (Å²) in [6.07, 6.45) is 4.27. The molecule has 0 saturated heterocycles. The number of carbonyl (C=O) groups is 2. The molecule has 184 valence electrons. The third kappa shape index (κ3) is 5.18. The average Bonchev–Trinajstić information content (AvgIpc) is 3.64. The zero-order valence-corrected chi connectivity index (χ0v) is 20.8. The van der Waals surface area contributed by atoms with Crippen LogP contribution in [0.2, 0.25) is 0 Å². The van der Waals surface area contributed by atoms with Crippen molar-refractivity contribution in [3.63, 3.8) is 0 Å². The second-order valence-electron chi connectivity index (χ2n) is 9.16. The van der Waals surface area contributed by atoms with E-state index in [2.05, 4.69) is 15.7 Å². The average molecular weight is 501 g/mol. The predicted molar refractivity (Wildman–Crippen MR) is 142 cm³/mol. The molecule has 0 atom stereocenters. The van der Waals surface area contributed by atoms with Crippen molar-refractivity contribution in [2.75, 3.05) is 5.32 Å². The van der Waals surface area contributed by atoms with Crippen LogP contribution in [-0.4, -0.2) is 26.8 Å². The number of rotatable bonds is 6. The third-order valence-corrected chi connectivity index (χ3v) is 7.37. The molecule has 0 bridgehead atoms. The van der Waals surface area contributed by atoms with Crippen LogP contribution in [0, 0.1) is 6.92 Å². The molecule has 0 radical (unpaired) electrons. The quantitative estimate of drug-likeness (QED) is 0.290. The summed E-state index contributed by atoms with van der Waals surface area (Å²) in [5.74, 6) is 0.0134. The Morgan fingerprint density at radius 3 is 2.64 bits per heavy atom. The van der Waals surface area contributed by atoms with E-state index >= 15 is 0 Å². The summed E-state index contributed by atoms with van der Waals surface area (Å²) in [5, 5.41) is 23.0. The van der Waals surface area contributed by atoms with Crippen LogP contribution in [-0.2, 0) is 6.54 Å². The van der Waals surface area contributed by atoms with Gasteiger partial charge in [-0.1, -0.05) is 48.7 Å². The van der Waals surface area contributed by atoms with Crippen molar-refractivity contribution < 1.29 is 14.7 Å². The van der Waals surface area contributed by atoms with E-state index in [0.29, 0.717) is 28.4 Å². The Hall–Kier alpha value is -3.91. The number of hydrogen-bond acceptors (Lipinski definition) is 5. The number of hydrogen-bond donors (Lipinski definition) is 3. The minimum atomic E-state index is -0.288. The normalized spacial score (nSPS) is 13.6. The van der Waals surface area contributed by atoms with Gasteiger partial charge in [0.1, 0.15) is 5.75 Å². The lowest BCUT2D eigenvalue weighted by atomic mass is 10.0. The predicted octanol–water partition coefficient (Wildman–Crippen LogP) is 6.29. The molecule has 1 aliphatic rings. The molecule has 0 spiro atoms. The molecule has 8 heteroatoms. The SMILES string of the molecule is Cc1cccc(CNC(=O)n2nc(-c3ccc(NC(=O)c4cccs4)cc3O)cc2C2CCCC2)c1. The highest BCUT2D eigenvalue weighted by atomic mass is 32.1. The summed E-state index contributed by atoms with van der Waals surface area (Å²) in [4.78, 5) is 26.1. The Morgan fingerprint density at radius 2 is 1.92 bits per heavy atom. The molecule has 1 fully saturated rings. The monoisotopic (exact) mass is 500 g/mol. The first-order valence-electron chi connectivity index (χ1n) is 12.1. The highest BCUT2D eigenvalue weighted by molar-refractivity contribution is 7.12. The molecule has 0 unspecified atom stereocenters. The number of carbonyl (C=O) groups excluding carboxylic acids is 2. The topological polar surface area (TPSA) is 96.3 Å². The Balaban J connectivity index is 1.39. The Morgan fingerprint density at radius 1 is 1.08 bits per heavy atom. The van der Waals surface area contributed by atoms with Gasteiger partial charge >= 0.3 is 6.03 Å². The second kappa shape index (κ2) is 10.4. The number of benzene rings is 2. The maximum atomic E-state index is 13.2. The van der Waals surface area contributed by atoms with Gasteiger partial charge in [0.2, 0.25) is 0 Å². The lowest BCUT2D eigenvalue weighted by molar-refractivity contribution is 0.103. The zero-order valence-electron chi connectivity index (χ0n) is 20.0. The highest BCUT2D eigenvalue weighted by Crippen LogP contribution is 2.38. The van der Waals surface area contributed by atoms with Gasteiger partial charge in [-0.2, -0.15) is 9.78 Å². The van der Waals surface area contributed by atoms with Gasteiger partial charge in [-0.15, -0.1) is 11.3 Å². The van der Waals surface area contributed by atoms with E-state index in [1.807, 2.05) is 48.7 Å². The van der Waals surface area contributed by atoms with Crippen molar-refractivity contribution in [3.8, 4) is 17.0 Å². The molecule has 2 aromatic carbocycles. The number of aromatic nitrogens is 2. The van der Waals surface area contributed by atoms with Crippen LogP contribution in [0.15, 0.2) is 66.0 Å². The number of thiophene rings is 1. The fourth-order valence-electron chi connectivity index (χ4n) is 4.70. The molecule has 1 aliphatic carbocycles. The Kier molecular flexibility index (Phi) is 6.86. The van der Waals surface area contributed by atoms with E-state index in [-0.39, 0.29) is 23.6 Å². The maximum absolute atomic E-state index is 13.2. The van der Waals surface area contributed by atoms with E-state index in [1.54, 1.807) is 18.2 Å². The van der Waals surface area contributed by atoms with Crippen LogP contribution in [0.1, 0.15) is 58.1 Å². The molecule has 0 aliphatic heterocycles. The molecular formula is C28H28N4O3S. The fourth-order valence-corrected chi connectivity index (χ4v) is 5.32. The van der Waals surface area contributed by atoms with Crippen LogP contribution >= 0.6 is 11.3 Å². The molecule has 7 nitrogen and oxygen atoms in total. The summed E-state index contributed by atoms with van der Waals surface area (Å²) >= 11 is 1.35. The van der Waals surface area contributed by atoms with Gasteiger partial charge < -0.3 is 15.7 Å². The second-order valence-corrected chi connectivity index (χ2v) is 10.1. The highest BCUT2D eigenvalue weighted by Gasteiger charge is 2.26. The van der Waals surface area contributed by atoms with Gasteiger partial charge in [0.25, 0.3) is 5.91 Å². The molecular weight excluding hydrogens is 472 g/mol. The lowest BCUT2D eigenvalue weighted by Gasteiger charge is -2.12. The number of aryl methyl sites for hydroxylation is 1. The molecule has 2 heterocycles. The van der Waals surface area contributed by atoms with Crippen molar-refractivity contribution in [2.45, 2.75) is 45.1 Å². The van der Waals surface area contributed by atoms with E-state index in [9.17, 15) is 14.7 Å². The fraction of sp³-hybridized carbons (Fsp3) is 0.250. The first-order chi connectivity index (χ1) is 17.5. The largest absolute Gasteiger partial charge is 0.507 e. The maximum Gasteiger partial charge on any atom is 0.342 e. The minimum absolute atomic E-state index is 0.0122. The summed E-state index contributed by atoms with van der Waals surface area (Å²) in [6, 6.07) is 18.2. The smallest absolute Gasteiger partial charge is 0.342 e. The minimum Gasteiger partial charge on any atom is -0.507 e. The third-order valence-electron chi connectivity index (χ3n) is 6.51. The van der Waals surface area contributed by atoms with Crippen LogP contribution in [0.5, 0.6) is 5.75 Å². The molecule has 36 heavy (non-hydrogen) atoms. The summed E-state index contributed by atoms with van der Waals surface area (Å²) in [5.41, 5.74) is 4.54. The van der Waals surface area contributed by atoms with Crippen LogP contribution in [0.3, 0.4) is 0 Å². The van der Waals surface area contributed by atoms with Gasteiger partial charge in [-0.3, -0.25) is 4.79 Å². The van der Waals surface area contributed by atoms with E-state index < -0.39 is 0 Å². The van der Waals surface area contributed by atoms with E-state index in [4.69, 9.17) is 0 Å². The molecule has 5 rings (SSSR count). The molecule has 3 N–H and O–H groups in total. The number of phenolic OH excluding ortho intramolecular Hbond substituents is 1. The van der Waals surface area contributed by atoms with E-state index in [0.717, 1.165) is 42.5 Å². The number of anilines is 1. The number of aromatic hydroxyl groups is 1. The van der Waals surface area contributed by atoms with Crippen molar-refractivity contribution in [3.05, 3.63) is 87.7 Å². The van der Waals surface area contributed by atoms with Gasteiger partial charge in [0, 0.05) is 29.8 Å². The van der Waals surface area contributed by atoms with E-state index in [1.165, 1.54) is 22.1 Å². The molecule has 2 amide bonds. The van der Waals surface area contributed by atoms with Crippen LogP contribution in [0.25, 0.3) is 11.3 Å². The standard InChI is InChI=1S/C28H28N4O3S/c1-18-6-4-7-19(14-18)17-29-28(35)32-24(20-8-2-3-9-20)16-23(31-32)22-12-11-21(15-25(22)33)30-27(34)26-10-5-13-36-26/h4-7,10-16,20,33H,2-3,8-9,17H2,1H3,(H,29,35)(H,30,34). The van der Waals surface area contributed by atoms with Gasteiger partial charge in [-0.25, -0.2) is 4.79 Å². The van der Waals surface area contributed by atoms with Gasteiger partial charge in [0.05, 0.1) is 16.3 Å². The Labute approximate surface area is 213 Å². The number of phenols is 1. The van der Waals surface area contributed by atoms with Gasteiger partial charge in [0.15, 0.2) is 0 Å². The molecule has 2 aromatic heterocycles. The number of nitrogens with one attached hydrogen (secondary N) is 2. The van der Waals surface area contributed by atoms with Crippen molar-refractivity contribution >= 4 is 29.0 Å². The summed E-state index contributed by atoms with van der Waals surface area (Å²) < 4.78 is 1.45.